The number of ether oxygens (including phenoxy) is 4. The van der Waals surface area contributed by atoms with E-state index in [9.17, 15) is 15.2 Å². The van der Waals surface area contributed by atoms with E-state index in [0.29, 0.717) is 65.6 Å². The van der Waals surface area contributed by atoms with Crippen LogP contribution >= 0.6 is 0 Å². The molecule has 0 aromatic heterocycles. The van der Waals surface area contributed by atoms with E-state index in [0.717, 1.165) is 5.56 Å². The second-order valence-electron chi connectivity index (χ2n) is 10.7. The van der Waals surface area contributed by atoms with E-state index in [4.69, 9.17) is 24.1 Å². The number of carboxylic acid groups (broad SMARTS) is 1. The van der Waals surface area contributed by atoms with Crippen LogP contribution in [0.4, 0.5) is 4.39 Å². The molecule has 0 radical (unpaired) electrons. The molecule has 0 spiro atoms. The van der Waals surface area contributed by atoms with Gasteiger partial charge in [0.25, 0.3) is 0 Å². The van der Waals surface area contributed by atoms with Gasteiger partial charge in [0.05, 0.1) is 30.8 Å². The van der Waals surface area contributed by atoms with Gasteiger partial charge in [-0.25, -0.2) is 4.39 Å². The summed E-state index contributed by atoms with van der Waals surface area (Å²) in [6.07, 6.45) is 0.895. The van der Waals surface area contributed by atoms with Crippen molar-refractivity contribution in [2.45, 2.75) is 57.2 Å². The Hall–Kier alpha value is -4.29. The number of nitriles is 1. The van der Waals surface area contributed by atoms with E-state index in [1.54, 1.807) is 56.3 Å². The Kier molecular flexibility index (Phi) is 7.55. The number of hydrogen-bond acceptors (Lipinski definition) is 7. The van der Waals surface area contributed by atoms with E-state index in [1.165, 1.54) is 6.07 Å². The first-order valence-corrected chi connectivity index (χ1v) is 13.1. The highest BCUT2D eigenvalue weighted by molar-refractivity contribution is 5.69. The molecule has 2 aliphatic rings. The van der Waals surface area contributed by atoms with Gasteiger partial charge in [-0.2, -0.15) is 5.26 Å². The second kappa shape index (κ2) is 11.1. The number of aliphatic hydroxyl groups is 1. The van der Waals surface area contributed by atoms with Gasteiger partial charge in [0.15, 0.2) is 0 Å². The number of fused-ring (bicyclic) bond motifs is 2. The van der Waals surface area contributed by atoms with Crippen molar-refractivity contribution in [1.29, 1.82) is 5.26 Å². The third-order valence-electron chi connectivity index (χ3n) is 7.08. The first-order valence-electron chi connectivity index (χ1n) is 13.1. The number of nitrogens with zero attached hydrogens (tertiary/aromatic N) is 1. The largest absolute Gasteiger partial charge is 0.493 e. The van der Waals surface area contributed by atoms with Gasteiger partial charge in [0, 0.05) is 41.2 Å². The number of carbonyl (C=O) groups is 1. The zero-order valence-corrected chi connectivity index (χ0v) is 22.3. The average molecular weight is 548 g/mol. The Balaban J connectivity index is 1.34. The Bertz CT molecular complexity index is 1470. The zero-order valence-electron chi connectivity index (χ0n) is 22.3. The van der Waals surface area contributed by atoms with Crippen molar-refractivity contribution in [3.63, 3.8) is 0 Å². The molecule has 1 aliphatic heterocycles. The molecule has 2 N–H and O–H groups in total. The summed E-state index contributed by atoms with van der Waals surface area (Å²) in [5.74, 6) is 0.777. The summed E-state index contributed by atoms with van der Waals surface area (Å²) in [7, 11) is 0. The molecular weight excluding hydrogens is 517 g/mol. The van der Waals surface area contributed by atoms with Crippen LogP contribution in [0.5, 0.6) is 28.7 Å². The SMILES string of the molecule is CC(C)(O)CCOc1ccc(C#N)c(Oc2ccc(F)c3c2CC[C@H]3Oc2ccc3c(c2)OCC3CC(=O)O)c1. The van der Waals surface area contributed by atoms with Crippen LogP contribution in [0.3, 0.4) is 0 Å². The summed E-state index contributed by atoms with van der Waals surface area (Å²) in [5.41, 5.74) is 1.33. The molecule has 1 aliphatic carbocycles. The molecule has 1 unspecified atom stereocenters. The molecular formula is C31H30FNO7. The molecule has 5 rings (SSSR count). The molecule has 0 saturated heterocycles. The highest BCUT2D eigenvalue weighted by Crippen LogP contribution is 2.45. The van der Waals surface area contributed by atoms with Crippen LogP contribution in [0, 0.1) is 17.1 Å². The lowest BCUT2D eigenvalue weighted by atomic mass is 9.98. The third kappa shape index (κ3) is 5.97. The summed E-state index contributed by atoms with van der Waals surface area (Å²) in [5, 5.41) is 28.7. The topological polar surface area (TPSA) is 118 Å². The molecule has 2 atom stereocenters. The molecule has 3 aromatic rings. The van der Waals surface area contributed by atoms with Crippen molar-refractivity contribution >= 4 is 5.97 Å². The number of hydrogen-bond donors (Lipinski definition) is 2. The monoisotopic (exact) mass is 547 g/mol. The fourth-order valence-corrected chi connectivity index (χ4v) is 5.04. The predicted molar refractivity (Wildman–Crippen MR) is 143 cm³/mol. The van der Waals surface area contributed by atoms with Gasteiger partial charge in [-0.3, -0.25) is 4.79 Å². The summed E-state index contributed by atoms with van der Waals surface area (Å²) >= 11 is 0. The van der Waals surface area contributed by atoms with Gasteiger partial charge in [-0.1, -0.05) is 6.07 Å². The Morgan fingerprint density at radius 2 is 1.95 bits per heavy atom. The third-order valence-corrected chi connectivity index (χ3v) is 7.08. The Labute approximate surface area is 231 Å². The molecule has 0 saturated carbocycles. The smallest absolute Gasteiger partial charge is 0.304 e. The van der Waals surface area contributed by atoms with E-state index in [-0.39, 0.29) is 24.7 Å². The van der Waals surface area contributed by atoms with Crippen LogP contribution in [0.1, 0.15) is 67.4 Å². The first kappa shape index (κ1) is 27.3. The Morgan fingerprint density at radius 3 is 2.70 bits per heavy atom. The minimum Gasteiger partial charge on any atom is -0.493 e. The fraction of sp³-hybridized carbons (Fsp3) is 0.355. The van der Waals surface area contributed by atoms with E-state index in [2.05, 4.69) is 6.07 Å². The molecule has 8 nitrogen and oxygen atoms in total. The lowest BCUT2D eigenvalue weighted by Gasteiger charge is -2.18. The number of halogens is 1. The standard InChI is InChI=1S/C31H30FNO7/c1-31(2,36)11-12-37-20-4-3-18(16-33)27(14-20)40-25-10-8-24(32)30-23(25)7-9-26(30)39-21-5-6-22-19(13-29(34)35)17-38-28(22)15-21/h3-6,8,10,14-15,19,26,36H,7,9,11-13,17H2,1-2H3,(H,34,35)/t19?,26-/m1/s1. The van der Waals surface area contributed by atoms with Crippen molar-refractivity contribution in [3.8, 4) is 34.8 Å². The molecule has 208 valence electrons. The second-order valence-corrected chi connectivity index (χ2v) is 10.7. The van der Waals surface area contributed by atoms with Crippen LogP contribution in [0.15, 0.2) is 48.5 Å². The van der Waals surface area contributed by atoms with Crippen LogP contribution in [0.25, 0.3) is 0 Å². The van der Waals surface area contributed by atoms with E-state index in [1.807, 2.05) is 0 Å². The van der Waals surface area contributed by atoms with E-state index >= 15 is 4.39 Å². The van der Waals surface area contributed by atoms with Gasteiger partial charge in [0.1, 0.15) is 46.7 Å². The maximum absolute atomic E-state index is 15.1. The van der Waals surface area contributed by atoms with Crippen molar-refractivity contribution in [2.75, 3.05) is 13.2 Å². The molecule has 1 heterocycles. The van der Waals surface area contributed by atoms with Crippen LogP contribution in [-0.2, 0) is 11.2 Å². The van der Waals surface area contributed by atoms with Crippen molar-refractivity contribution in [3.05, 3.63) is 76.6 Å². The van der Waals surface area contributed by atoms with Gasteiger partial charge in [-0.15, -0.1) is 0 Å². The Morgan fingerprint density at radius 1 is 1.15 bits per heavy atom. The lowest BCUT2D eigenvalue weighted by Crippen LogP contribution is -2.21. The zero-order chi connectivity index (χ0) is 28.4. The first-order chi connectivity index (χ1) is 19.1. The highest BCUT2D eigenvalue weighted by atomic mass is 19.1. The van der Waals surface area contributed by atoms with Crippen LogP contribution < -0.4 is 18.9 Å². The number of rotatable bonds is 10. The van der Waals surface area contributed by atoms with Crippen molar-refractivity contribution in [1.82, 2.24) is 0 Å². The number of carboxylic acids is 1. The maximum Gasteiger partial charge on any atom is 0.304 e. The molecule has 40 heavy (non-hydrogen) atoms. The number of benzene rings is 3. The summed E-state index contributed by atoms with van der Waals surface area (Å²) in [6.45, 7) is 3.98. The molecule has 3 aromatic carbocycles. The van der Waals surface area contributed by atoms with Gasteiger partial charge >= 0.3 is 5.97 Å². The molecule has 9 heteroatoms. The predicted octanol–water partition coefficient (Wildman–Crippen LogP) is 6.05. The van der Waals surface area contributed by atoms with Crippen LogP contribution in [-0.4, -0.2) is 35.0 Å². The van der Waals surface area contributed by atoms with Crippen molar-refractivity contribution < 1.29 is 38.3 Å². The molecule has 0 fully saturated rings. The molecule has 0 bridgehead atoms. The average Bonchev–Trinajstić information content (AvgIpc) is 3.49. The maximum atomic E-state index is 15.1. The summed E-state index contributed by atoms with van der Waals surface area (Å²) in [6, 6.07) is 15.1. The normalized spacial score (nSPS) is 17.4. The van der Waals surface area contributed by atoms with Gasteiger partial charge in [0.2, 0.25) is 0 Å². The lowest BCUT2D eigenvalue weighted by molar-refractivity contribution is -0.137. The van der Waals surface area contributed by atoms with Crippen molar-refractivity contribution in [2.24, 2.45) is 0 Å². The van der Waals surface area contributed by atoms with Gasteiger partial charge in [-0.05, 0) is 57.0 Å². The minimum atomic E-state index is -0.885. The van der Waals surface area contributed by atoms with Crippen LogP contribution in [0.2, 0.25) is 0 Å². The van der Waals surface area contributed by atoms with Gasteiger partial charge < -0.3 is 29.2 Å². The van der Waals surface area contributed by atoms with E-state index < -0.39 is 23.5 Å². The quantitative estimate of drug-likeness (QED) is 0.315. The summed E-state index contributed by atoms with van der Waals surface area (Å²) < 4.78 is 38.8. The summed E-state index contributed by atoms with van der Waals surface area (Å²) in [4.78, 5) is 11.1. The number of aliphatic carboxylic acids is 1. The fourth-order valence-electron chi connectivity index (χ4n) is 5.04. The molecule has 0 amide bonds. The minimum absolute atomic E-state index is 0.0133. The highest BCUT2D eigenvalue weighted by Gasteiger charge is 2.32.